The normalized spacial score (nSPS) is 10.7. The van der Waals surface area contributed by atoms with Crippen LogP contribution >= 0.6 is 0 Å². The van der Waals surface area contributed by atoms with E-state index in [4.69, 9.17) is 9.26 Å². The summed E-state index contributed by atoms with van der Waals surface area (Å²) in [7, 11) is 0. The number of carbonyl (C=O) groups is 1. The summed E-state index contributed by atoms with van der Waals surface area (Å²) in [6.45, 7) is 1.78. The van der Waals surface area contributed by atoms with E-state index in [-0.39, 0.29) is 30.8 Å². The van der Waals surface area contributed by atoms with Crippen LogP contribution in [-0.4, -0.2) is 27.5 Å². The summed E-state index contributed by atoms with van der Waals surface area (Å²) in [4.78, 5) is 12.2. The smallest absolute Gasteiger partial charge is 0.258 e. The molecular formula is C22H19FN4O3. The Hall–Kier alpha value is -3.94. The topological polar surface area (TPSA) is 82.2 Å². The van der Waals surface area contributed by atoms with Crippen molar-refractivity contribution in [3.05, 3.63) is 84.0 Å². The van der Waals surface area contributed by atoms with Crippen molar-refractivity contribution in [3.63, 3.8) is 0 Å². The van der Waals surface area contributed by atoms with Gasteiger partial charge in [-0.2, -0.15) is 5.10 Å². The molecule has 2 aromatic heterocycles. The van der Waals surface area contributed by atoms with Crippen molar-refractivity contribution < 1.29 is 18.4 Å². The van der Waals surface area contributed by atoms with Gasteiger partial charge in [0, 0.05) is 29.9 Å². The van der Waals surface area contributed by atoms with Gasteiger partial charge >= 0.3 is 0 Å². The Balaban J connectivity index is 1.51. The van der Waals surface area contributed by atoms with Gasteiger partial charge in [-0.1, -0.05) is 18.2 Å². The number of rotatable bonds is 7. The Morgan fingerprint density at radius 2 is 1.93 bits per heavy atom. The highest BCUT2D eigenvalue weighted by molar-refractivity contribution is 5.77. The lowest BCUT2D eigenvalue weighted by Crippen LogP contribution is -2.28. The Morgan fingerprint density at radius 3 is 2.63 bits per heavy atom. The molecule has 0 bridgehead atoms. The summed E-state index contributed by atoms with van der Waals surface area (Å²) in [5.41, 5.74) is 3.08. The molecule has 0 spiro atoms. The van der Waals surface area contributed by atoms with Gasteiger partial charge < -0.3 is 14.6 Å². The Kier molecular flexibility index (Phi) is 5.56. The first-order chi connectivity index (χ1) is 14.6. The van der Waals surface area contributed by atoms with Crippen molar-refractivity contribution in [2.24, 2.45) is 0 Å². The molecular weight excluding hydrogens is 387 g/mol. The quantitative estimate of drug-likeness (QED) is 0.506. The molecule has 0 atom stereocenters. The lowest BCUT2D eigenvalue weighted by molar-refractivity contribution is -0.123. The molecule has 0 aliphatic rings. The monoisotopic (exact) mass is 406 g/mol. The van der Waals surface area contributed by atoms with E-state index in [9.17, 15) is 9.18 Å². The first-order valence-corrected chi connectivity index (χ1v) is 9.31. The molecule has 1 amide bonds. The number of ether oxygens (including phenoxy) is 1. The van der Waals surface area contributed by atoms with E-state index in [1.54, 1.807) is 29.8 Å². The maximum absolute atomic E-state index is 13.3. The second-order valence-electron chi connectivity index (χ2n) is 6.63. The molecule has 2 aromatic carbocycles. The highest BCUT2D eigenvalue weighted by Crippen LogP contribution is 2.24. The minimum absolute atomic E-state index is 0.190. The maximum atomic E-state index is 13.3. The highest BCUT2D eigenvalue weighted by atomic mass is 19.1. The lowest BCUT2D eigenvalue weighted by atomic mass is 10.1. The standard InChI is InChI=1S/C22H19FN4O3/c1-15-11-21(26-30-15)29-14-20(28)24-12-17-13-27(19-5-3-2-4-6-19)25-22(17)16-7-9-18(23)10-8-16/h2-11,13H,12,14H2,1H3,(H,24,28). The van der Waals surface area contributed by atoms with E-state index in [1.807, 2.05) is 36.5 Å². The van der Waals surface area contributed by atoms with Crippen LogP contribution in [0.15, 0.2) is 71.4 Å². The fourth-order valence-corrected chi connectivity index (χ4v) is 2.90. The first-order valence-electron chi connectivity index (χ1n) is 9.31. The number of aryl methyl sites for hydroxylation is 1. The van der Waals surface area contributed by atoms with Crippen LogP contribution in [0.25, 0.3) is 16.9 Å². The van der Waals surface area contributed by atoms with Crippen LogP contribution in [0.1, 0.15) is 11.3 Å². The van der Waals surface area contributed by atoms with Crippen molar-refractivity contribution in [1.82, 2.24) is 20.3 Å². The number of amides is 1. The molecule has 0 unspecified atom stereocenters. The predicted molar refractivity (Wildman–Crippen MR) is 108 cm³/mol. The zero-order valence-electron chi connectivity index (χ0n) is 16.2. The number of nitrogens with zero attached hydrogens (tertiary/aromatic N) is 3. The van der Waals surface area contributed by atoms with E-state index >= 15 is 0 Å². The SMILES string of the molecule is Cc1cc(OCC(=O)NCc2cn(-c3ccccc3)nc2-c2ccc(F)cc2)no1. The van der Waals surface area contributed by atoms with Gasteiger partial charge in [0.2, 0.25) is 0 Å². The number of nitrogens with one attached hydrogen (secondary N) is 1. The van der Waals surface area contributed by atoms with E-state index in [1.165, 1.54) is 12.1 Å². The van der Waals surface area contributed by atoms with Crippen LogP contribution in [0.4, 0.5) is 4.39 Å². The summed E-state index contributed by atoms with van der Waals surface area (Å²) >= 11 is 0. The van der Waals surface area contributed by atoms with Gasteiger partial charge in [0.05, 0.1) is 11.4 Å². The molecule has 0 aliphatic carbocycles. The number of hydrogen-bond acceptors (Lipinski definition) is 5. The Morgan fingerprint density at radius 1 is 1.17 bits per heavy atom. The average Bonchev–Trinajstić information content (AvgIpc) is 3.38. The van der Waals surface area contributed by atoms with Crippen LogP contribution in [0.2, 0.25) is 0 Å². The van der Waals surface area contributed by atoms with Gasteiger partial charge in [-0.3, -0.25) is 4.79 Å². The predicted octanol–water partition coefficient (Wildman–Crippen LogP) is 3.67. The van der Waals surface area contributed by atoms with Crippen molar-refractivity contribution >= 4 is 5.91 Å². The van der Waals surface area contributed by atoms with E-state index in [0.717, 1.165) is 16.8 Å². The number of para-hydroxylation sites is 1. The summed E-state index contributed by atoms with van der Waals surface area (Å²) < 4.78 is 25.3. The van der Waals surface area contributed by atoms with E-state index < -0.39 is 0 Å². The van der Waals surface area contributed by atoms with Gasteiger partial charge in [0.1, 0.15) is 11.6 Å². The zero-order chi connectivity index (χ0) is 20.9. The number of hydrogen-bond donors (Lipinski definition) is 1. The minimum atomic E-state index is -0.323. The second kappa shape index (κ2) is 8.60. The van der Waals surface area contributed by atoms with Crippen LogP contribution in [-0.2, 0) is 11.3 Å². The lowest BCUT2D eigenvalue weighted by Gasteiger charge is -2.06. The number of carbonyl (C=O) groups excluding carboxylic acids is 1. The second-order valence-corrected chi connectivity index (χ2v) is 6.63. The third-order valence-electron chi connectivity index (χ3n) is 4.36. The number of aromatic nitrogens is 3. The minimum Gasteiger partial charge on any atom is -0.465 e. The summed E-state index contributed by atoms with van der Waals surface area (Å²) in [5.74, 6) is 0.221. The molecule has 2 heterocycles. The molecule has 152 valence electrons. The molecule has 0 saturated carbocycles. The molecule has 7 nitrogen and oxygen atoms in total. The van der Waals surface area contributed by atoms with Crippen LogP contribution in [0, 0.1) is 12.7 Å². The molecule has 0 radical (unpaired) electrons. The average molecular weight is 406 g/mol. The van der Waals surface area contributed by atoms with Crippen LogP contribution in [0.5, 0.6) is 5.88 Å². The fourth-order valence-electron chi connectivity index (χ4n) is 2.90. The summed E-state index contributed by atoms with van der Waals surface area (Å²) in [6, 6.07) is 17.3. The Bertz CT molecular complexity index is 1140. The number of benzene rings is 2. The van der Waals surface area contributed by atoms with Crippen molar-refractivity contribution in [1.29, 1.82) is 0 Å². The van der Waals surface area contributed by atoms with Gasteiger partial charge in [-0.05, 0) is 48.5 Å². The molecule has 30 heavy (non-hydrogen) atoms. The molecule has 4 aromatic rings. The molecule has 0 saturated heterocycles. The fraction of sp³-hybridized carbons (Fsp3) is 0.136. The van der Waals surface area contributed by atoms with Gasteiger partial charge in [-0.15, -0.1) is 0 Å². The van der Waals surface area contributed by atoms with Gasteiger partial charge in [0.25, 0.3) is 11.8 Å². The third kappa shape index (κ3) is 4.54. The summed E-state index contributed by atoms with van der Waals surface area (Å²) in [6.07, 6.45) is 1.84. The zero-order valence-corrected chi connectivity index (χ0v) is 16.2. The third-order valence-corrected chi connectivity index (χ3v) is 4.36. The van der Waals surface area contributed by atoms with Gasteiger partial charge in [0.15, 0.2) is 6.61 Å². The van der Waals surface area contributed by atoms with Crippen LogP contribution in [0.3, 0.4) is 0 Å². The van der Waals surface area contributed by atoms with E-state index in [0.29, 0.717) is 11.5 Å². The largest absolute Gasteiger partial charge is 0.465 e. The molecule has 0 fully saturated rings. The van der Waals surface area contributed by atoms with Gasteiger partial charge in [-0.25, -0.2) is 9.07 Å². The number of halogens is 1. The highest BCUT2D eigenvalue weighted by Gasteiger charge is 2.14. The maximum Gasteiger partial charge on any atom is 0.258 e. The van der Waals surface area contributed by atoms with Crippen molar-refractivity contribution in [3.8, 4) is 22.8 Å². The molecule has 8 heteroatoms. The first kappa shape index (κ1) is 19.4. The van der Waals surface area contributed by atoms with Crippen molar-refractivity contribution in [2.45, 2.75) is 13.5 Å². The van der Waals surface area contributed by atoms with Crippen LogP contribution < -0.4 is 10.1 Å². The van der Waals surface area contributed by atoms with E-state index in [2.05, 4.69) is 15.6 Å². The Labute approximate surface area is 172 Å². The molecule has 0 aliphatic heterocycles. The molecule has 1 N–H and O–H groups in total. The summed E-state index contributed by atoms with van der Waals surface area (Å²) in [5, 5.41) is 11.1. The van der Waals surface area contributed by atoms with Crippen molar-refractivity contribution in [2.75, 3.05) is 6.61 Å². The molecule has 4 rings (SSSR count).